The van der Waals surface area contributed by atoms with Crippen molar-refractivity contribution in [3.05, 3.63) is 56.2 Å². The second-order valence-electron chi connectivity index (χ2n) is 6.45. The summed E-state index contributed by atoms with van der Waals surface area (Å²) in [6.45, 7) is 4.58. The first-order chi connectivity index (χ1) is 12.5. The van der Waals surface area contributed by atoms with Gasteiger partial charge < -0.3 is 0 Å². The third-order valence-electron chi connectivity index (χ3n) is 4.54. The number of carbonyl (C=O) groups is 1. The van der Waals surface area contributed by atoms with Crippen LogP contribution in [0.1, 0.15) is 30.2 Å². The normalized spacial score (nSPS) is 16.7. The standard InChI is InChI=1S/C19H21Cl2N3OS/c1-13(17-6-7-18(21)26-17)22-23-19(25)15-8-10-24(11-9-15)12-14-2-4-16(20)5-3-14/h2-7,15H,8-12H2,1H3,(H,23,25)/b22-13+. The number of rotatable bonds is 5. The summed E-state index contributed by atoms with van der Waals surface area (Å²) in [5.74, 6) is 0.0121. The van der Waals surface area contributed by atoms with E-state index in [-0.39, 0.29) is 11.8 Å². The number of carbonyl (C=O) groups excluding carboxylic acids is 1. The second kappa shape index (κ2) is 9.00. The van der Waals surface area contributed by atoms with E-state index >= 15 is 0 Å². The molecular weight excluding hydrogens is 389 g/mol. The van der Waals surface area contributed by atoms with Crippen LogP contribution < -0.4 is 5.43 Å². The van der Waals surface area contributed by atoms with E-state index in [2.05, 4.69) is 27.6 Å². The van der Waals surface area contributed by atoms with Crippen LogP contribution in [0.4, 0.5) is 0 Å². The Hall–Kier alpha value is -1.40. The van der Waals surface area contributed by atoms with Gasteiger partial charge in [-0.15, -0.1) is 11.3 Å². The Balaban J connectivity index is 1.46. The van der Waals surface area contributed by atoms with Crippen LogP contribution in [-0.2, 0) is 11.3 Å². The lowest BCUT2D eigenvalue weighted by atomic mass is 9.96. The Kier molecular flexibility index (Phi) is 6.70. The highest BCUT2D eigenvalue weighted by Crippen LogP contribution is 2.22. The van der Waals surface area contributed by atoms with E-state index in [1.165, 1.54) is 16.9 Å². The first kappa shape index (κ1) is 19.4. The number of halogens is 2. The van der Waals surface area contributed by atoms with Crippen LogP contribution in [0.15, 0.2) is 41.5 Å². The Morgan fingerprint density at radius 1 is 1.19 bits per heavy atom. The molecule has 0 bridgehead atoms. The van der Waals surface area contributed by atoms with E-state index in [0.29, 0.717) is 4.34 Å². The first-order valence-electron chi connectivity index (χ1n) is 8.58. The van der Waals surface area contributed by atoms with Crippen LogP contribution in [0, 0.1) is 5.92 Å². The lowest BCUT2D eigenvalue weighted by Gasteiger charge is -2.30. The monoisotopic (exact) mass is 409 g/mol. The summed E-state index contributed by atoms with van der Waals surface area (Å²) in [5.41, 5.74) is 4.73. The summed E-state index contributed by atoms with van der Waals surface area (Å²) in [6, 6.07) is 11.7. The Morgan fingerprint density at radius 3 is 2.50 bits per heavy atom. The topological polar surface area (TPSA) is 44.7 Å². The zero-order chi connectivity index (χ0) is 18.5. The van der Waals surface area contributed by atoms with Crippen molar-refractivity contribution in [2.75, 3.05) is 13.1 Å². The summed E-state index contributed by atoms with van der Waals surface area (Å²) >= 11 is 13.3. The van der Waals surface area contributed by atoms with E-state index in [0.717, 1.165) is 48.1 Å². The van der Waals surface area contributed by atoms with E-state index in [9.17, 15) is 4.79 Å². The van der Waals surface area contributed by atoms with E-state index < -0.39 is 0 Å². The predicted octanol–water partition coefficient (Wildman–Crippen LogP) is 4.81. The molecule has 1 saturated heterocycles. The van der Waals surface area contributed by atoms with Gasteiger partial charge in [0.1, 0.15) is 0 Å². The molecule has 1 fully saturated rings. The molecule has 2 heterocycles. The second-order valence-corrected chi connectivity index (χ2v) is 8.61. The summed E-state index contributed by atoms with van der Waals surface area (Å²) in [7, 11) is 0. The van der Waals surface area contributed by atoms with Crippen LogP contribution in [0.5, 0.6) is 0 Å². The van der Waals surface area contributed by atoms with Gasteiger partial charge in [0.15, 0.2) is 0 Å². The maximum absolute atomic E-state index is 12.4. The van der Waals surface area contributed by atoms with Gasteiger partial charge in [-0.25, -0.2) is 5.43 Å². The van der Waals surface area contributed by atoms with Gasteiger partial charge in [-0.3, -0.25) is 9.69 Å². The first-order valence-corrected chi connectivity index (χ1v) is 10.1. The van der Waals surface area contributed by atoms with Gasteiger partial charge in [-0.05, 0) is 62.7 Å². The molecule has 138 valence electrons. The van der Waals surface area contributed by atoms with E-state index in [1.807, 2.05) is 31.2 Å². The number of hydrogen-bond acceptors (Lipinski definition) is 4. The summed E-state index contributed by atoms with van der Waals surface area (Å²) in [5, 5.41) is 4.98. The average molecular weight is 410 g/mol. The number of likely N-dealkylation sites (tertiary alicyclic amines) is 1. The number of piperidine rings is 1. The van der Waals surface area contributed by atoms with Crippen LogP contribution in [0.3, 0.4) is 0 Å². The number of benzene rings is 1. The minimum absolute atomic E-state index is 0.00172. The van der Waals surface area contributed by atoms with E-state index in [1.54, 1.807) is 0 Å². The fourth-order valence-corrected chi connectivity index (χ4v) is 4.11. The molecule has 1 aromatic carbocycles. The molecule has 26 heavy (non-hydrogen) atoms. The number of hydrazone groups is 1. The van der Waals surface area contributed by atoms with Crippen molar-refractivity contribution in [3.8, 4) is 0 Å². The molecular formula is C19H21Cl2N3OS. The van der Waals surface area contributed by atoms with Crippen LogP contribution >= 0.6 is 34.5 Å². The number of nitrogens with zero attached hydrogens (tertiary/aromatic N) is 2. The molecule has 1 N–H and O–H groups in total. The summed E-state index contributed by atoms with van der Waals surface area (Å²) in [6.07, 6.45) is 1.69. The third-order valence-corrected chi connectivity index (χ3v) is 6.13. The zero-order valence-electron chi connectivity index (χ0n) is 14.5. The molecule has 1 aliphatic rings. The minimum Gasteiger partial charge on any atom is -0.299 e. The molecule has 0 aliphatic carbocycles. The predicted molar refractivity (Wildman–Crippen MR) is 109 cm³/mol. The summed E-state index contributed by atoms with van der Waals surface area (Å²) < 4.78 is 0.717. The highest BCUT2D eigenvalue weighted by Gasteiger charge is 2.24. The molecule has 1 aromatic heterocycles. The van der Waals surface area contributed by atoms with Crippen LogP contribution in [-0.4, -0.2) is 29.6 Å². The van der Waals surface area contributed by atoms with Crippen molar-refractivity contribution in [3.63, 3.8) is 0 Å². The molecule has 7 heteroatoms. The van der Waals surface area contributed by atoms with Gasteiger partial charge in [0.05, 0.1) is 14.9 Å². The fraction of sp³-hybridized carbons (Fsp3) is 0.368. The van der Waals surface area contributed by atoms with Gasteiger partial charge in [0.2, 0.25) is 5.91 Å². The van der Waals surface area contributed by atoms with Gasteiger partial charge in [-0.2, -0.15) is 5.10 Å². The van der Waals surface area contributed by atoms with Gasteiger partial charge in [0.25, 0.3) is 0 Å². The maximum atomic E-state index is 12.4. The van der Waals surface area contributed by atoms with E-state index in [4.69, 9.17) is 23.2 Å². The molecule has 4 nitrogen and oxygen atoms in total. The SMILES string of the molecule is C/C(=N\NC(=O)C1CCN(Cc2ccc(Cl)cc2)CC1)c1ccc(Cl)s1. The average Bonchev–Trinajstić information content (AvgIpc) is 3.08. The van der Waals surface area contributed by atoms with Crippen molar-refractivity contribution < 1.29 is 4.79 Å². The van der Waals surface area contributed by atoms with Crippen molar-refractivity contribution >= 4 is 46.2 Å². The lowest BCUT2D eigenvalue weighted by Crippen LogP contribution is -2.39. The Bertz CT molecular complexity index is 780. The summed E-state index contributed by atoms with van der Waals surface area (Å²) in [4.78, 5) is 15.7. The van der Waals surface area contributed by atoms with Gasteiger partial charge in [-0.1, -0.05) is 35.3 Å². The van der Waals surface area contributed by atoms with Gasteiger partial charge in [0, 0.05) is 17.5 Å². The molecule has 2 aromatic rings. The molecule has 0 spiro atoms. The fourth-order valence-electron chi connectivity index (χ4n) is 3.00. The Morgan fingerprint density at radius 2 is 1.88 bits per heavy atom. The molecule has 1 aliphatic heterocycles. The number of hydrogen-bond donors (Lipinski definition) is 1. The van der Waals surface area contributed by atoms with Crippen molar-refractivity contribution in [1.82, 2.24) is 10.3 Å². The van der Waals surface area contributed by atoms with Crippen LogP contribution in [0.2, 0.25) is 9.36 Å². The number of thiophene rings is 1. The van der Waals surface area contributed by atoms with Gasteiger partial charge >= 0.3 is 0 Å². The zero-order valence-corrected chi connectivity index (χ0v) is 16.9. The largest absolute Gasteiger partial charge is 0.299 e. The Labute approximate surface area is 167 Å². The van der Waals surface area contributed by atoms with Crippen molar-refractivity contribution in [1.29, 1.82) is 0 Å². The van der Waals surface area contributed by atoms with Crippen molar-refractivity contribution in [2.24, 2.45) is 11.0 Å². The molecule has 0 unspecified atom stereocenters. The molecule has 0 saturated carbocycles. The van der Waals surface area contributed by atoms with Crippen LogP contribution in [0.25, 0.3) is 0 Å². The number of amides is 1. The quantitative estimate of drug-likeness (QED) is 0.568. The third kappa shape index (κ3) is 5.30. The highest BCUT2D eigenvalue weighted by molar-refractivity contribution is 7.18. The lowest BCUT2D eigenvalue weighted by molar-refractivity contribution is -0.126. The maximum Gasteiger partial charge on any atom is 0.243 e. The smallest absolute Gasteiger partial charge is 0.243 e. The molecule has 0 radical (unpaired) electrons. The van der Waals surface area contributed by atoms with Crippen molar-refractivity contribution in [2.45, 2.75) is 26.3 Å². The minimum atomic E-state index is -0.00172. The highest BCUT2D eigenvalue weighted by atomic mass is 35.5. The number of nitrogens with one attached hydrogen (secondary N) is 1. The molecule has 0 atom stereocenters. The molecule has 1 amide bonds. The molecule has 3 rings (SSSR count).